The first-order valence-electron chi connectivity index (χ1n) is 13.5. The van der Waals surface area contributed by atoms with Crippen molar-refractivity contribution in [3.8, 4) is 5.75 Å². The average Bonchev–Trinajstić information content (AvgIpc) is 3.32. The van der Waals surface area contributed by atoms with Crippen LogP contribution in [0.1, 0.15) is 63.5 Å². The van der Waals surface area contributed by atoms with Crippen LogP contribution in [-0.2, 0) is 32.2 Å². The molecule has 0 spiro atoms. The van der Waals surface area contributed by atoms with Gasteiger partial charge in [-0.25, -0.2) is 0 Å². The van der Waals surface area contributed by atoms with Gasteiger partial charge in [0.25, 0.3) is 10.1 Å². The van der Waals surface area contributed by atoms with E-state index in [4.69, 9.17) is 13.7 Å². The van der Waals surface area contributed by atoms with Crippen LogP contribution < -0.4 is 4.74 Å². The highest BCUT2D eigenvalue weighted by atomic mass is 32.2. The van der Waals surface area contributed by atoms with Crippen LogP contribution in [0.2, 0.25) is 0 Å². The van der Waals surface area contributed by atoms with Gasteiger partial charge >= 0.3 is 0 Å². The molecule has 8 nitrogen and oxygen atoms in total. The summed E-state index contributed by atoms with van der Waals surface area (Å²) >= 11 is 0. The number of hydrogen-bond acceptors (Lipinski definition) is 7. The lowest BCUT2D eigenvalue weighted by Crippen LogP contribution is -2.15. The Hall–Kier alpha value is -2.49. The molecule has 0 N–H and O–H groups in total. The van der Waals surface area contributed by atoms with E-state index < -0.39 is 10.1 Å². The molecule has 0 radical (unpaired) electrons. The third kappa shape index (κ3) is 9.72. The second-order valence-electron chi connectivity index (χ2n) is 9.85. The van der Waals surface area contributed by atoms with Crippen molar-refractivity contribution in [1.29, 1.82) is 0 Å². The fourth-order valence-corrected chi connectivity index (χ4v) is 5.68. The van der Waals surface area contributed by atoms with E-state index in [1.54, 1.807) is 4.68 Å². The summed E-state index contributed by atoms with van der Waals surface area (Å²) < 4.78 is 42.9. The maximum absolute atomic E-state index is 12.2. The molecular weight excluding hydrogens is 490 g/mol. The van der Waals surface area contributed by atoms with Crippen molar-refractivity contribution >= 4 is 20.9 Å². The third-order valence-electron chi connectivity index (χ3n) is 6.74. The quantitative estimate of drug-likeness (QED) is 0.201. The zero-order valence-electron chi connectivity index (χ0n) is 21.6. The Morgan fingerprint density at radius 3 is 2.54 bits per heavy atom. The molecule has 1 heterocycles. The smallest absolute Gasteiger partial charge is 0.267 e. The summed E-state index contributed by atoms with van der Waals surface area (Å²) in [7, 11) is -3.59. The topological polar surface area (TPSA) is 92.5 Å². The predicted molar refractivity (Wildman–Crippen MR) is 144 cm³/mol. The Morgan fingerprint density at radius 2 is 1.70 bits per heavy atom. The number of nitrogens with zero attached hydrogens (tertiary/aromatic N) is 3. The molecule has 0 unspecified atom stereocenters. The van der Waals surface area contributed by atoms with Gasteiger partial charge in [0.15, 0.2) is 0 Å². The maximum atomic E-state index is 12.2. The number of ether oxygens (including phenoxy) is 2. The minimum Gasteiger partial charge on any atom is -0.493 e. The van der Waals surface area contributed by atoms with E-state index in [-0.39, 0.29) is 12.4 Å². The van der Waals surface area contributed by atoms with Crippen molar-refractivity contribution in [2.24, 2.45) is 5.92 Å². The maximum Gasteiger partial charge on any atom is 0.267 e. The Morgan fingerprint density at radius 1 is 0.919 bits per heavy atom. The fourth-order valence-electron chi connectivity index (χ4n) is 4.71. The molecule has 0 amide bonds. The van der Waals surface area contributed by atoms with Gasteiger partial charge in [0, 0.05) is 19.6 Å². The monoisotopic (exact) mass is 529 g/mol. The molecular formula is C28H39N3O5S. The number of benzene rings is 2. The highest BCUT2D eigenvalue weighted by molar-refractivity contribution is 7.86. The van der Waals surface area contributed by atoms with E-state index in [1.165, 1.54) is 44.9 Å². The Balaban J connectivity index is 1.07. The number of aromatic nitrogens is 3. The standard InChI is InChI=1S/C28H39N3O5S/c32-37(33,36-18-9-17-35-28-15-14-25-12-6-7-13-26(25)20-28)19-8-16-31-21-27(29-30-31)23-34-22-24-10-4-2-1-3-5-11-24/h6-7,12-15,20-21,24H,1-5,8-11,16-19,22-23H2. The van der Waals surface area contributed by atoms with Gasteiger partial charge < -0.3 is 9.47 Å². The van der Waals surface area contributed by atoms with Crippen LogP contribution >= 0.6 is 0 Å². The molecule has 4 rings (SSSR count). The predicted octanol–water partition coefficient (Wildman–Crippen LogP) is 5.51. The molecule has 3 aromatic rings. The Bertz CT molecular complexity index is 1190. The lowest BCUT2D eigenvalue weighted by molar-refractivity contribution is 0.0757. The first-order chi connectivity index (χ1) is 18.1. The summed E-state index contributed by atoms with van der Waals surface area (Å²) in [6, 6.07) is 14.0. The van der Waals surface area contributed by atoms with Gasteiger partial charge in [0.05, 0.1) is 31.8 Å². The summed E-state index contributed by atoms with van der Waals surface area (Å²) in [4.78, 5) is 0. The average molecular weight is 530 g/mol. The molecule has 9 heteroatoms. The van der Waals surface area contributed by atoms with Crippen LogP contribution in [-0.4, -0.2) is 49.0 Å². The van der Waals surface area contributed by atoms with E-state index in [2.05, 4.69) is 16.4 Å². The molecule has 1 fully saturated rings. The highest BCUT2D eigenvalue weighted by Crippen LogP contribution is 2.23. The van der Waals surface area contributed by atoms with Crippen molar-refractivity contribution in [3.63, 3.8) is 0 Å². The minimum absolute atomic E-state index is 0.0636. The number of fused-ring (bicyclic) bond motifs is 1. The van der Waals surface area contributed by atoms with E-state index in [0.29, 0.717) is 38.5 Å². The number of hydrogen-bond donors (Lipinski definition) is 0. The minimum atomic E-state index is -3.59. The van der Waals surface area contributed by atoms with E-state index in [1.807, 2.05) is 42.6 Å². The second-order valence-corrected chi connectivity index (χ2v) is 11.6. The van der Waals surface area contributed by atoms with Crippen molar-refractivity contribution in [2.75, 3.05) is 25.6 Å². The molecule has 1 aromatic heterocycles. The molecule has 1 aliphatic rings. The van der Waals surface area contributed by atoms with Gasteiger partial charge in [-0.05, 0) is 48.1 Å². The molecule has 1 saturated carbocycles. The molecule has 2 aromatic carbocycles. The van der Waals surface area contributed by atoms with Crippen LogP contribution in [0.4, 0.5) is 0 Å². The molecule has 0 aliphatic heterocycles. The van der Waals surface area contributed by atoms with Crippen LogP contribution in [0.3, 0.4) is 0 Å². The third-order valence-corrected chi connectivity index (χ3v) is 8.05. The van der Waals surface area contributed by atoms with Gasteiger partial charge in [-0.3, -0.25) is 8.86 Å². The highest BCUT2D eigenvalue weighted by Gasteiger charge is 2.13. The van der Waals surface area contributed by atoms with Crippen LogP contribution in [0.15, 0.2) is 48.7 Å². The Labute approximate surface area is 220 Å². The van der Waals surface area contributed by atoms with Gasteiger partial charge in [-0.2, -0.15) is 8.42 Å². The zero-order chi connectivity index (χ0) is 25.8. The summed E-state index contributed by atoms with van der Waals surface area (Å²) in [6.45, 7) is 2.17. The first kappa shape index (κ1) is 27.5. The normalized spacial score (nSPS) is 15.5. The van der Waals surface area contributed by atoms with Gasteiger partial charge in [-0.15, -0.1) is 5.10 Å². The van der Waals surface area contributed by atoms with Crippen molar-refractivity contribution in [2.45, 2.75) is 70.9 Å². The lowest BCUT2D eigenvalue weighted by Gasteiger charge is -2.19. The number of rotatable bonds is 14. The molecule has 37 heavy (non-hydrogen) atoms. The molecule has 0 saturated heterocycles. The van der Waals surface area contributed by atoms with Crippen LogP contribution in [0.5, 0.6) is 5.75 Å². The first-order valence-corrected chi connectivity index (χ1v) is 15.1. The number of aryl methyl sites for hydroxylation is 1. The molecule has 1 aliphatic carbocycles. The SMILES string of the molecule is O=S(=O)(CCCn1cc(COCC2CCCCCCC2)nn1)OCCCOc1ccc2ccccc2c1. The van der Waals surface area contributed by atoms with Crippen LogP contribution in [0.25, 0.3) is 10.8 Å². The van der Waals surface area contributed by atoms with E-state index in [0.717, 1.165) is 28.8 Å². The van der Waals surface area contributed by atoms with Crippen molar-refractivity contribution in [3.05, 3.63) is 54.4 Å². The molecule has 0 bridgehead atoms. The fraction of sp³-hybridized carbons (Fsp3) is 0.571. The summed E-state index contributed by atoms with van der Waals surface area (Å²) in [5, 5.41) is 10.5. The Kier molecular flexibility index (Phi) is 10.8. The molecule has 0 atom stereocenters. The van der Waals surface area contributed by atoms with E-state index >= 15 is 0 Å². The summed E-state index contributed by atoms with van der Waals surface area (Å²) in [6.07, 6.45) is 11.9. The second kappa shape index (κ2) is 14.4. The van der Waals surface area contributed by atoms with Gasteiger partial charge in [0.1, 0.15) is 11.4 Å². The summed E-state index contributed by atoms with van der Waals surface area (Å²) in [5.74, 6) is 1.34. The van der Waals surface area contributed by atoms with Crippen molar-refractivity contribution < 1.29 is 22.1 Å². The lowest BCUT2D eigenvalue weighted by atomic mass is 9.92. The van der Waals surface area contributed by atoms with Crippen molar-refractivity contribution in [1.82, 2.24) is 15.0 Å². The van der Waals surface area contributed by atoms with Gasteiger partial charge in [-0.1, -0.05) is 67.6 Å². The van der Waals surface area contributed by atoms with E-state index in [9.17, 15) is 8.42 Å². The molecule has 202 valence electrons. The largest absolute Gasteiger partial charge is 0.493 e. The zero-order valence-corrected chi connectivity index (χ0v) is 22.4. The van der Waals surface area contributed by atoms with Gasteiger partial charge in [0.2, 0.25) is 0 Å². The van der Waals surface area contributed by atoms with Crippen LogP contribution in [0, 0.1) is 5.92 Å². The summed E-state index contributed by atoms with van der Waals surface area (Å²) in [5.41, 5.74) is 0.774.